The Labute approximate surface area is 159 Å². The lowest BCUT2D eigenvalue weighted by Crippen LogP contribution is -2.41. The zero-order valence-electron chi connectivity index (χ0n) is 15.2. The van der Waals surface area contributed by atoms with E-state index in [0.717, 1.165) is 56.4 Å². The first-order valence-corrected chi connectivity index (χ1v) is 9.68. The molecule has 142 valence electrons. The van der Waals surface area contributed by atoms with Crippen molar-refractivity contribution in [1.82, 2.24) is 10.2 Å². The van der Waals surface area contributed by atoms with Crippen molar-refractivity contribution in [2.45, 2.75) is 25.8 Å². The Hall–Kier alpha value is -1.66. The Kier molecular flexibility index (Phi) is 5.14. The first kappa shape index (κ1) is 17.7. The number of nitrogens with zero attached hydrogens (tertiary/aromatic N) is 2. The monoisotopic (exact) mass is 379 g/mol. The first-order valence-electron chi connectivity index (χ1n) is 9.30. The second-order valence-corrected chi connectivity index (χ2v) is 7.74. The van der Waals surface area contributed by atoms with Crippen LogP contribution in [-0.4, -0.2) is 57.4 Å². The van der Waals surface area contributed by atoms with Gasteiger partial charge in [-0.25, -0.2) is 0 Å². The summed E-state index contributed by atoms with van der Waals surface area (Å²) in [6.45, 7) is 5.72. The minimum atomic E-state index is 0.316. The van der Waals surface area contributed by atoms with E-state index in [-0.39, 0.29) is 0 Å². The van der Waals surface area contributed by atoms with Crippen molar-refractivity contribution >= 4 is 17.6 Å². The van der Waals surface area contributed by atoms with Crippen molar-refractivity contribution < 1.29 is 14.2 Å². The fraction of sp³-hybridized carbons (Fsp3) is 0.632. The highest BCUT2D eigenvalue weighted by Crippen LogP contribution is 2.39. The number of hydrogen-bond acceptors (Lipinski definition) is 4. The van der Waals surface area contributed by atoms with Crippen LogP contribution in [0.1, 0.15) is 24.8 Å². The average molecular weight is 380 g/mol. The molecule has 0 bridgehead atoms. The van der Waals surface area contributed by atoms with E-state index in [1.54, 1.807) is 0 Å². The summed E-state index contributed by atoms with van der Waals surface area (Å²) in [5, 5.41) is 4.06. The molecule has 3 heterocycles. The van der Waals surface area contributed by atoms with E-state index in [0.29, 0.717) is 35.9 Å². The van der Waals surface area contributed by atoms with Crippen LogP contribution in [-0.2, 0) is 11.3 Å². The summed E-state index contributed by atoms with van der Waals surface area (Å²) in [7, 11) is 1.83. The Morgan fingerprint density at radius 1 is 1.27 bits per heavy atom. The molecule has 0 radical (unpaired) electrons. The van der Waals surface area contributed by atoms with E-state index in [1.807, 2.05) is 19.2 Å². The molecule has 0 amide bonds. The highest BCUT2D eigenvalue weighted by molar-refractivity contribution is 6.32. The van der Waals surface area contributed by atoms with Gasteiger partial charge < -0.3 is 24.4 Å². The SMILES string of the molecule is CN=C(NCc1cc(Cl)c2c(c1)OCCCO2)N1CCC2(CCOC2)C1. The van der Waals surface area contributed by atoms with Gasteiger partial charge in [-0.3, -0.25) is 4.99 Å². The number of guanidine groups is 1. The first-order chi connectivity index (χ1) is 12.7. The van der Waals surface area contributed by atoms with Crippen LogP contribution in [0.25, 0.3) is 0 Å². The third kappa shape index (κ3) is 3.58. The van der Waals surface area contributed by atoms with Crippen LogP contribution >= 0.6 is 11.6 Å². The van der Waals surface area contributed by atoms with Gasteiger partial charge in [0.2, 0.25) is 0 Å². The predicted octanol–water partition coefficient (Wildman–Crippen LogP) is 2.69. The van der Waals surface area contributed by atoms with Crippen molar-refractivity contribution in [1.29, 1.82) is 0 Å². The number of fused-ring (bicyclic) bond motifs is 1. The molecule has 1 aromatic carbocycles. The van der Waals surface area contributed by atoms with E-state index in [2.05, 4.69) is 15.2 Å². The summed E-state index contributed by atoms with van der Waals surface area (Å²) in [4.78, 5) is 6.80. The number of halogens is 1. The standard InChI is InChI=1S/C19H26ClN3O3/c1-21-18(23-5-3-19(12-23)4-8-24-13-19)22-11-14-9-15(20)17-16(10-14)25-6-2-7-26-17/h9-10H,2-8,11-13H2,1H3,(H,21,22). The molecule has 2 saturated heterocycles. The van der Waals surface area contributed by atoms with Crippen molar-refractivity contribution in [3.63, 3.8) is 0 Å². The maximum atomic E-state index is 6.39. The molecule has 6 nitrogen and oxygen atoms in total. The van der Waals surface area contributed by atoms with Gasteiger partial charge >= 0.3 is 0 Å². The van der Waals surface area contributed by atoms with Crippen molar-refractivity contribution in [2.24, 2.45) is 10.4 Å². The quantitative estimate of drug-likeness (QED) is 0.632. The summed E-state index contributed by atoms with van der Waals surface area (Å²) in [6.07, 6.45) is 3.19. The zero-order valence-corrected chi connectivity index (χ0v) is 16.0. The summed E-state index contributed by atoms with van der Waals surface area (Å²) in [5.41, 5.74) is 1.37. The smallest absolute Gasteiger partial charge is 0.193 e. The second kappa shape index (κ2) is 7.53. The Morgan fingerprint density at radius 3 is 2.96 bits per heavy atom. The summed E-state index contributed by atoms with van der Waals surface area (Å²) < 4.78 is 17.1. The summed E-state index contributed by atoms with van der Waals surface area (Å²) >= 11 is 6.39. The Morgan fingerprint density at radius 2 is 2.15 bits per heavy atom. The minimum Gasteiger partial charge on any atom is -0.489 e. The van der Waals surface area contributed by atoms with Gasteiger partial charge in [-0.15, -0.1) is 0 Å². The van der Waals surface area contributed by atoms with Crippen molar-refractivity contribution in [3.05, 3.63) is 22.7 Å². The van der Waals surface area contributed by atoms with Gasteiger partial charge in [0, 0.05) is 45.1 Å². The van der Waals surface area contributed by atoms with Crippen LogP contribution in [0, 0.1) is 5.41 Å². The van der Waals surface area contributed by atoms with Gasteiger partial charge in [-0.05, 0) is 30.5 Å². The fourth-order valence-corrected chi connectivity index (χ4v) is 4.27. The van der Waals surface area contributed by atoms with Gasteiger partial charge in [0.25, 0.3) is 0 Å². The van der Waals surface area contributed by atoms with Gasteiger partial charge in [0.15, 0.2) is 17.5 Å². The predicted molar refractivity (Wildman–Crippen MR) is 101 cm³/mol. The Balaban J connectivity index is 1.41. The molecule has 4 rings (SSSR count). The Bertz CT molecular complexity index is 689. The van der Waals surface area contributed by atoms with Crippen LogP contribution in [0.4, 0.5) is 0 Å². The molecule has 26 heavy (non-hydrogen) atoms. The van der Waals surface area contributed by atoms with E-state index in [9.17, 15) is 0 Å². The largest absolute Gasteiger partial charge is 0.489 e. The minimum absolute atomic E-state index is 0.316. The molecule has 1 N–H and O–H groups in total. The van der Waals surface area contributed by atoms with E-state index in [4.69, 9.17) is 25.8 Å². The molecular formula is C19H26ClN3O3. The van der Waals surface area contributed by atoms with Gasteiger partial charge in [0.1, 0.15) is 0 Å². The lowest BCUT2D eigenvalue weighted by atomic mass is 9.87. The topological polar surface area (TPSA) is 55.3 Å². The summed E-state index contributed by atoms with van der Waals surface area (Å²) in [6, 6.07) is 3.94. The van der Waals surface area contributed by atoms with E-state index in [1.165, 1.54) is 6.42 Å². The molecule has 0 saturated carbocycles. The number of nitrogens with one attached hydrogen (secondary N) is 1. The molecule has 7 heteroatoms. The maximum Gasteiger partial charge on any atom is 0.193 e. The second-order valence-electron chi connectivity index (χ2n) is 7.33. The lowest BCUT2D eigenvalue weighted by molar-refractivity contribution is 0.156. The molecule has 2 fully saturated rings. The number of likely N-dealkylation sites (tertiary alicyclic amines) is 1. The third-order valence-electron chi connectivity index (χ3n) is 5.45. The van der Waals surface area contributed by atoms with Gasteiger partial charge in [-0.1, -0.05) is 11.6 Å². The van der Waals surface area contributed by atoms with Gasteiger partial charge in [-0.2, -0.15) is 0 Å². The van der Waals surface area contributed by atoms with Crippen LogP contribution in [0.2, 0.25) is 5.02 Å². The molecule has 1 spiro atoms. The van der Waals surface area contributed by atoms with Gasteiger partial charge in [0.05, 0.1) is 24.8 Å². The highest BCUT2D eigenvalue weighted by atomic mass is 35.5. The molecule has 0 aliphatic carbocycles. The molecule has 0 aromatic heterocycles. The number of benzene rings is 1. The van der Waals surface area contributed by atoms with Crippen LogP contribution in [0.3, 0.4) is 0 Å². The molecule has 1 unspecified atom stereocenters. The van der Waals surface area contributed by atoms with E-state index >= 15 is 0 Å². The molecule has 1 aromatic rings. The molecular weight excluding hydrogens is 354 g/mol. The zero-order chi connectivity index (χ0) is 18.0. The normalized spacial score (nSPS) is 25.6. The average Bonchev–Trinajstić information content (AvgIpc) is 3.20. The molecule has 1 atom stereocenters. The lowest BCUT2D eigenvalue weighted by Gasteiger charge is -2.25. The third-order valence-corrected chi connectivity index (χ3v) is 5.73. The van der Waals surface area contributed by atoms with Crippen molar-refractivity contribution in [2.75, 3.05) is 46.6 Å². The maximum absolute atomic E-state index is 6.39. The van der Waals surface area contributed by atoms with Crippen molar-refractivity contribution in [3.8, 4) is 11.5 Å². The number of ether oxygens (including phenoxy) is 3. The highest BCUT2D eigenvalue weighted by Gasteiger charge is 2.42. The number of aliphatic imine (C=N–C) groups is 1. The molecule has 3 aliphatic rings. The number of rotatable bonds is 2. The fourth-order valence-electron chi connectivity index (χ4n) is 3.99. The number of hydrogen-bond donors (Lipinski definition) is 1. The summed E-state index contributed by atoms with van der Waals surface area (Å²) in [5.74, 6) is 2.31. The van der Waals surface area contributed by atoms with Crippen LogP contribution in [0.5, 0.6) is 11.5 Å². The van der Waals surface area contributed by atoms with Crippen LogP contribution < -0.4 is 14.8 Å². The van der Waals surface area contributed by atoms with E-state index < -0.39 is 0 Å². The van der Waals surface area contributed by atoms with Crippen LogP contribution in [0.15, 0.2) is 17.1 Å². The molecule has 3 aliphatic heterocycles.